The Morgan fingerprint density at radius 2 is 1.77 bits per heavy atom. The summed E-state index contributed by atoms with van der Waals surface area (Å²) in [6.45, 7) is -0.302. The van der Waals surface area contributed by atoms with Crippen LogP contribution in [-0.4, -0.2) is 37.5 Å². The molecule has 0 atom stereocenters. The van der Waals surface area contributed by atoms with Crippen LogP contribution in [0.15, 0.2) is 66.7 Å². The number of carbonyl (C=O) groups is 3. The van der Waals surface area contributed by atoms with E-state index in [1.807, 2.05) is 42.5 Å². The summed E-state index contributed by atoms with van der Waals surface area (Å²) in [6.07, 6.45) is -0.0245. The number of esters is 1. The molecule has 0 aromatic heterocycles. The maximum absolute atomic E-state index is 12.1. The smallest absolute Gasteiger partial charge is 0.308 e. The summed E-state index contributed by atoms with van der Waals surface area (Å²) in [5.41, 5.74) is 1.25. The molecule has 1 aliphatic heterocycles. The summed E-state index contributed by atoms with van der Waals surface area (Å²) in [4.78, 5) is 37.8. The second-order valence-electron chi connectivity index (χ2n) is 6.82. The molecule has 7 heteroatoms. The largest absolute Gasteiger partial charge is 0.482 e. The van der Waals surface area contributed by atoms with Crippen LogP contribution in [0.25, 0.3) is 10.8 Å². The molecule has 3 aromatic rings. The monoisotopic (exact) mass is 404 g/mol. The number of anilines is 2. The Morgan fingerprint density at radius 3 is 2.63 bits per heavy atom. The summed E-state index contributed by atoms with van der Waals surface area (Å²) in [6, 6.07) is 20.5. The van der Waals surface area contributed by atoms with Crippen molar-refractivity contribution in [1.29, 1.82) is 0 Å². The van der Waals surface area contributed by atoms with Crippen molar-refractivity contribution in [2.45, 2.75) is 6.42 Å². The number of hydrogen-bond acceptors (Lipinski definition) is 5. The van der Waals surface area contributed by atoms with E-state index in [9.17, 15) is 14.4 Å². The summed E-state index contributed by atoms with van der Waals surface area (Å²) in [5, 5.41) is 4.79. The van der Waals surface area contributed by atoms with Gasteiger partial charge < -0.3 is 19.7 Å². The van der Waals surface area contributed by atoms with Crippen molar-refractivity contribution in [2.75, 3.05) is 30.0 Å². The minimum Gasteiger partial charge on any atom is -0.482 e. The molecule has 152 valence electrons. The fourth-order valence-electron chi connectivity index (χ4n) is 3.28. The first-order valence-electron chi connectivity index (χ1n) is 9.56. The molecule has 1 N–H and O–H groups in total. The van der Waals surface area contributed by atoms with Crippen LogP contribution in [0.5, 0.6) is 5.75 Å². The Morgan fingerprint density at radius 1 is 1.00 bits per heavy atom. The maximum Gasteiger partial charge on any atom is 0.308 e. The third kappa shape index (κ3) is 4.41. The zero-order valence-electron chi connectivity index (χ0n) is 16.2. The fourth-order valence-corrected chi connectivity index (χ4v) is 3.28. The van der Waals surface area contributed by atoms with Crippen LogP contribution in [0, 0.1) is 0 Å². The zero-order chi connectivity index (χ0) is 20.9. The molecular formula is C23H20N2O5. The van der Waals surface area contributed by atoms with Crippen molar-refractivity contribution < 1.29 is 23.9 Å². The number of hydrogen-bond donors (Lipinski definition) is 1. The van der Waals surface area contributed by atoms with Crippen LogP contribution in [0.1, 0.15) is 6.42 Å². The van der Waals surface area contributed by atoms with Crippen molar-refractivity contribution in [3.05, 3.63) is 66.7 Å². The topological polar surface area (TPSA) is 84.9 Å². The highest BCUT2D eigenvalue weighted by Gasteiger charge is 2.25. The number of carbonyl (C=O) groups excluding carboxylic acids is 3. The minimum absolute atomic E-state index is 0.0245. The van der Waals surface area contributed by atoms with E-state index in [-0.39, 0.29) is 32.1 Å². The van der Waals surface area contributed by atoms with Crippen molar-refractivity contribution in [1.82, 2.24) is 0 Å². The zero-order valence-corrected chi connectivity index (χ0v) is 16.2. The van der Waals surface area contributed by atoms with Crippen LogP contribution in [0.2, 0.25) is 0 Å². The molecule has 30 heavy (non-hydrogen) atoms. The molecule has 2 amide bonds. The van der Waals surface area contributed by atoms with Crippen molar-refractivity contribution in [2.24, 2.45) is 0 Å². The number of amides is 2. The standard InChI is InChI=1S/C23H20N2O5/c26-21(24-18-10-9-16-5-1-2-6-17(16)13-18)14-30-23(28)11-12-25-19-7-3-4-8-20(19)29-15-22(25)27/h1-10,13H,11-12,14-15H2,(H,24,26). The lowest BCUT2D eigenvalue weighted by Crippen LogP contribution is -2.40. The van der Waals surface area contributed by atoms with Crippen LogP contribution in [0.4, 0.5) is 11.4 Å². The molecule has 0 radical (unpaired) electrons. The van der Waals surface area contributed by atoms with Gasteiger partial charge >= 0.3 is 5.97 Å². The molecule has 0 saturated heterocycles. The van der Waals surface area contributed by atoms with E-state index in [2.05, 4.69) is 5.32 Å². The predicted molar refractivity (Wildman–Crippen MR) is 112 cm³/mol. The van der Waals surface area contributed by atoms with Gasteiger partial charge in [0.15, 0.2) is 13.2 Å². The van der Waals surface area contributed by atoms with Gasteiger partial charge in [0, 0.05) is 12.2 Å². The number of para-hydroxylation sites is 2. The van der Waals surface area contributed by atoms with Crippen LogP contribution >= 0.6 is 0 Å². The number of rotatable bonds is 6. The second kappa shape index (κ2) is 8.65. The van der Waals surface area contributed by atoms with Crippen molar-refractivity contribution in [3.8, 4) is 5.75 Å². The molecule has 1 heterocycles. The molecule has 0 aliphatic carbocycles. The van der Waals surface area contributed by atoms with E-state index in [1.165, 1.54) is 4.90 Å². The Balaban J connectivity index is 1.27. The van der Waals surface area contributed by atoms with E-state index >= 15 is 0 Å². The van der Waals surface area contributed by atoms with Gasteiger partial charge in [-0.25, -0.2) is 0 Å². The van der Waals surface area contributed by atoms with Gasteiger partial charge in [0.2, 0.25) is 0 Å². The highest BCUT2D eigenvalue weighted by atomic mass is 16.5. The SMILES string of the molecule is O=C(COC(=O)CCN1C(=O)COc2ccccc21)Nc1ccc2ccccc2c1. The number of fused-ring (bicyclic) bond motifs is 2. The van der Waals surface area contributed by atoms with Crippen molar-refractivity contribution >= 4 is 39.9 Å². The summed E-state index contributed by atoms with van der Waals surface area (Å²) >= 11 is 0. The lowest BCUT2D eigenvalue weighted by atomic mass is 10.1. The average molecular weight is 404 g/mol. The van der Waals surface area contributed by atoms with Gasteiger partial charge in [0.1, 0.15) is 5.75 Å². The molecule has 1 aliphatic rings. The van der Waals surface area contributed by atoms with E-state index in [0.29, 0.717) is 17.1 Å². The van der Waals surface area contributed by atoms with Gasteiger partial charge in [-0.3, -0.25) is 14.4 Å². The van der Waals surface area contributed by atoms with E-state index in [4.69, 9.17) is 9.47 Å². The quantitative estimate of drug-likeness (QED) is 0.638. The Hall–Kier alpha value is -3.87. The molecule has 0 unspecified atom stereocenters. The average Bonchev–Trinajstić information content (AvgIpc) is 2.77. The van der Waals surface area contributed by atoms with Gasteiger partial charge in [0.05, 0.1) is 12.1 Å². The molecule has 0 bridgehead atoms. The fraction of sp³-hybridized carbons (Fsp3) is 0.174. The molecule has 3 aromatic carbocycles. The molecule has 7 nitrogen and oxygen atoms in total. The second-order valence-corrected chi connectivity index (χ2v) is 6.82. The molecule has 0 fully saturated rings. The Labute approximate surface area is 173 Å². The van der Waals surface area contributed by atoms with Crippen LogP contribution in [0.3, 0.4) is 0 Å². The molecular weight excluding hydrogens is 384 g/mol. The first-order valence-corrected chi connectivity index (χ1v) is 9.56. The maximum atomic E-state index is 12.1. The van der Waals surface area contributed by atoms with Crippen LogP contribution < -0.4 is 15.0 Å². The van der Waals surface area contributed by atoms with E-state index in [0.717, 1.165) is 10.8 Å². The number of ether oxygens (including phenoxy) is 2. The molecule has 0 saturated carbocycles. The van der Waals surface area contributed by atoms with Gasteiger partial charge in [-0.2, -0.15) is 0 Å². The first-order chi connectivity index (χ1) is 14.6. The van der Waals surface area contributed by atoms with E-state index < -0.39 is 11.9 Å². The highest BCUT2D eigenvalue weighted by Crippen LogP contribution is 2.31. The van der Waals surface area contributed by atoms with Gasteiger partial charge in [-0.1, -0.05) is 42.5 Å². The van der Waals surface area contributed by atoms with Crippen LogP contribution in [-0.2, 0) is 19.1 Å². The summed E-state index contributed by atoms with van der Waals surface area (Å²) in [7, 11) is 0. The Kier molecular flexibility index (Phi) is 5.61. The number of nitrogens with one attached hydrogen (secondary N) is 1. The molecule has 4 rings (SSSR count). The third-order valence-electron chi connectivity index (χ3n) is 4.75. The minimum atomic E-state index is -0.555. The predicted octanol–water partition coefficient (Wildman–Crippen LogP) is 3.14. The van der Waals surface area contributed by atoms with E-state index in [1.54, 1.807) is 24.3 Å². The van der Waals surface area contributed by atoms with Gasteiger partial charge in [-0.05, 0) is 35.0 Å². The third-order valence-corrected chi connectivity index (χ3v) is 4.75. The lowest BCUT2D eigenvalue weighted by molar-refractivity contribution is -0.147. The van der Waals surface area contributed by atoms with Gasteiger partial charge in [0.25, 0.3) is 11.8 Å². The summed E-state index contributed by atoms with van der Waals surface area (Å²) in [5.74, 6) is -0.609. The normalized spacial score (nSPS) is 12.8. The molecule has 0 spiro atoms. The Bertz CT molecular complexity index is 1110. The first kappa shape index (κ1) is 19.4. The van der Waals surface area contributed by atoms with Crippen molar-refractivity contribution in [3.63, 3.8) is 0 Å². The highest BCUT2D eigenvalue weighted by molar-refractivity contribution is 5.98. The van der Waals surface area contributed by atoms with Gasteiger partial charge in [-0.15, -0.1) is 0 Å². The number of benzene rings is 3. The lowest BCUT2D eigenvalue weighted by Gasteiger charge is -2.28. The summed E-state index contributed by atoms with van der Waals surface area (Å²) < 4.78 is 10.4. The number of nitrogens with zero attached hydrogens (tertiary/aromatic N) is 1.